The molecule has 0 N–H and O–H groups in total. The highest BCUT2D eigenvalue weighted by atomic mass is 32.1. The van der Waals surface area contributed by atoms with Crippen LogP contribution in [0.5, 0.6) is 0 Å². The molecule has 0 fully saturated rings. The van der Waals surface area contributed by atoms with E-state index in [1.807, 2.05) is 53.8 Å². The second-order valence-corrected chi connectivity index (χ2v) is 14.3. The predicted octanol–water partition coefficient (Wildman–Crippen LogP) is 13.1. The van der Waals surface area contributed by atoms with Crippen LogP contribution in [0.1, 0.15) is 0 Å². The smallest absolute Gasteiger partial charge is 0.164 e. The molecule has 3 aromatic heterocycles. The number of hydrogen-bond acceptors (Lipinski definition) is 5. The summed E-state index contributed by atoms with van der Waals surface area (Å²) in [5.74, 6) is 1.87. The van der Waals surface area contributed by atoms with Gasteiger partial charge < -0.3 is 4.42 Å². The van der Waals surface area contributed by atoms with Gasteiger partial charge in [0.05, 0.1) is 0 Å². The van der Waals surface area contributed by atoms with Crippen molar-refractivity contribution in [3.63, 3.8) is 0 Å². The van der Waals surface area contributed by atoms with Crippen LogP contribution in [0.4, 0.5) is 0 Å². The van der Waals surface area contributed by atoms with Gasteiger partial charge in [0, 0.05) is 47.6 Å². The summed E-state index contributed by atoms with van der Waals surface area (Å²) in [6, 6.07) is 57.4. The molecule has 0 unspecified atom stereocenters. The molecular weight excluding hydrogens is 655 g/mol. The number of benzene rings is 8. The van der Waals surface area contributed by atoms with E-state index in [1.54, 1.807) is 0 Å². The number of rotatable bonds is 4. The van der Waals surface area contributed by atoms with Gasteiger partial charge in [-0.2, -0.15) is 0 Å². The van der Waals surface area contributed by atoms with Crippen molar-refractivity contribution in [3.8, 4) is 45.3 Å². The molecule has 11 rings (SSSR count). The number of nitrogens with zero attached hydrogens (tertiary/aromatic N) is 3. The van der Waals surface area contributed by atoms with E-state index in [1.165, 1.54) is 36.5 Å². The van der Waals surface area contributed by atoms with Crippen molar-refractivity contribution in [3.05, 3.63) is 164 Å². The summed E-state index contributed by atoms with van der Waals surface area (Å²) >= 11 is 1.85. The molecule has 0 bridgehead atoms. The minimum absolute atomic E-state index is 0.605. The van der Waals surface area contributed by atoms with Gasteiger partial charge in [-0.05, 0) is 69.1 Å². The van der Waals surface area contributed by atoms with Gasteiger partial charge in [0.25, 0.3) is 0 Å². The molecule has 3 heterocycles. The molecule has 11 aromatic rings. The van der Waals surface area contributed by atoms with Gasteiger partial charge in [0.15, 0.2) is 17.5 Å². The molecule has 0 saturated heterocycles. The van der Waals surface area contributed by atoms with Crippen molar-refractivity contribution in [2.24, 2.45) is 0 Å². The quantitative estimate of drug-likeness (QED) is 0.185. The maximum Gasteiger partial charge on any atom is 0.164 e. The topological polar surface area (TPSA) is 51.8 Å². The summed E-state index contributed by atoms with van der Waals surface area (Å²) in [5, 5.41) is 9.33. The first-order chi connectivity index (χ1) is 25.7. The Kier molecular flexibility index (Phi) is 6.39. The highest BCUT2D eigenvalue weighted by Crippen LogP contribution is 2.44. The summed E-state index contributed by atoms with van der Waals surface area (Å²) in [5.41, 5.74) is 6.77. The molecule has 8 aromatic carbocycles. The third-order valence-electron chi connectivity index (χ3n) is 10.1. The van der Waals surface area contributed by atoms with Crippen LogP contribution in [0.2, 0.25) is 0 Å². The molecule has 52 heavy (non-hydrogen) atoms. The van der Waals surface area contributed by atoms with Crippen molar-refractivity contribution in [2.45, 2.75) is 0 Å². The van der Waals surface area contributed by atoms with Crippen molar-refractivity contribution in [2.75, 3.05) is 0 Å². The van der Waals surface area contributed by atoms with Gasteiger partial charge >= 0.3 is 0 Å². The summed E-state index contributed by atoms with van der Waals surface area (Å²) in [6.45, 7) is 0. The molecule has 0 saturated carbocycles. The van der Waals surface area contributed by atoms with Gasteiger partial charge in [-0.3, -0.25) is 0 Å². The van der Waals surface area contributed by atoms with Crippen molar-refractivity contribution < 1.29 is 4.42 Å². The Labute approximate surface area is 302 Å². The van der Waals surface area contributed by atoms with E-state index in [0.717, 1.165) is 55.0 Å². The first-order valence-corrected chi connectivity index (χ1v) is 18.2. The lowest BCUT2D eigenvalue weighted by Gasteiger charge is -2.11. The van der Waals surface area contributed by atoms with E-state index in [2.05, 4.69) is 121 Å². The third kappa shape index (κ3) is 4.57. The molecule has 0 radical (unpaired) electrons. The fourth-order valence-corrected chi connectivity index (χ4v) is 8.85. The Hall–Kier alpha value is -6.69. The van der Waals surface area contributed by atoms with Crippen molar-refractivity contribution in [1.82, 2.24) is 15.0 Å². The fraction of sp³-hybridized carbons (Fsp3) is 0. The van der Waals surface area contributed by atoms with E-state index in [9.17, 15) is 0 Å². The molecule has 0 spiro atoms. The van der Waals surface area contributed by atoms with Gasteiger partial charge in [-0.1, -0.05) is 127 Å². The van der Waals surface area contributed by atoms with Crippen LogP contribution in [-0.2, 0) is 0 Å². The number of fused-ring (bicyclic) bond motifs is 8. The first-order valence-electron chi connectivity index (χ1n) is 17.3. The van der Waals surface area contributed by atoms with Crippen molar-refractivity contribution >= 4 is 75.0 Å². The Morgan fingerprint density at radius 3 is 1.92 bits per heavy atom. The molecule has 0 aliphatic rings. The Balaban J connectivity index is 1.15. The Morgan fingerprint density at radius 2 is 1.04 bits per heavy atom. The normalized spacial score (nSPS) is 11.8. The van der Waals surface area contributed by atoms with Crippen LogP contribution in [0.3, 0.4) is 0 Å². The second kappa shape index (κ2) is 11.4. The van der Waals surface area contributed by atoms with Gasteiger partial charge in [-0.25, -0.2) is 15.0 Å². The maximum absolute atomic E-state index is 6.51. The van der Waals surface area contributed by atoms with E-state index >= 15 is 0 Å². The van der Waals surface area contributed by atoms with E-state index < -0.39 is 0 Å². The van der Waals surface area contributed by atoms with Crippen LogP contribution < -0.4 is 0 Å². The molecular formula is C47H27N3OS. The average molecular weight is 682 g/mol. The van der Waals surface area contributed by atoms with Gasteiger partial charge in [0.1, 0.15) is 11.2 Å². The van der Waals surface area contributed by atoms with Crippen LogP contribution in [-0.4, -0.2) is 15.0 Å². The SMILES string of the molecule is c1ccc(-c2nc(-c3cccc4ccccc34)nc(-c3cccc4oc5ccc(-c6cccc7sc8cc9ccccc9cc8c67)cc5c34)n2)cc1. The standard InChI is InChI=1S/C47H27N3OS/c1-2-12-29(13-3-1)45-48-46(35-19-8-16-28-11-6-7-17-33(28)35)50-47(49-45)36-20-9-21-40-43(36)37-26-32(23-24-39(37)51-40)34-18-10-22-41-44(34)38-25-30-14-4-5-15-31(30)27-42(38)52-41/h1-27H. The Bertz CT molecular complexity index is 3190. The summed E-state index contributed by atoms with van der Waals surface area (Å²) in [6.07, 6.45) is 0. The summed E-state index contributed by atoms with van der Waals surface area (Å²) in [4.78, 5) is 15.4. The zero-order chi connectivity index (χ0) is 34.2. The summed E-state index contributed by atoms with van der Waals surface area (Å²) in [7, 11) is 0. The van der Waals surface area contributed by atoms with Crippen molar-refractivity contribution in [1.29, 1.82) is 0 Å². The van der Waals surface area contributed by atoms with E-state index in [-0.39, 0.29) is 0 Å². The Morgan fingerprint density at radius 1 is 0.365 bits per heavy atom. The summed E-state index contributed by atoms with van der Waals surface area (Å²) < 4.78 is 9.09. The highest BCUT2D eigenvalue weighted by molar-refractivity contribution is 7.26. The molecule has 5 heteroatoms. The third-order valence-corrected chi connectivity index (χ3v) is 11.2. The predicted molar refractivity (Wildman–Crippen MR) is 217 cm³/mol. The molecule has 0 aliphatic carbocycles. The highest BCUT2D eigenvalue weighted by Gasteiger charge is 2.20. The lowest BCUT2D eigenvalue weighted by Crippen LogP contribution is -2.00. The lowest BCUT2D eigenvalue weighted by molar-refractivity contribution is 0.669. The van der Waals surface area contributed by atoms with E-state index in [4.69, 9.17) is 19.4 Å². The number of aromatic nitrogens is 3. The van der Waals surface area contributed by atoms with E-state index in [0.29, 0.717) is 17.5 Å². The number of furan rings is 1. The fourth-order valence-electron chi connectivity index (χ4n) is 7.69. The molecule has 4 nitrogen and oxygen atoms in total. The largest absolute Gasteiger partial charge is 0.456 e. The molecule has 242 valence electrons. The maximum atomic E-state index is 6.51. The lowest BCUT2D eigenvalue weighted by atomic mass is 9.96. The zero-order valence-electron chi connectivity index (χ0n) is 27.7. The zero-order valence-corrected chi connectivity index (χ0v) is 28.6. The number of thiophene rings is 1. The van der Waals surface area contributed by atoms with Crippen LogP contribution in [0.15, 0.2) is 168 Å². The minimum atomic E-state index is 0.605. The molecule has 0 atom stereocenters. The molecule has 0 aliphatic heterocycles. The minimum Gasteiger partial charge on any atom is -0.456 e. The monoisotopic (exact) mass is 681 g/mol. The van der Waals surface area contributed by atoms with Crippen LogP contribution in [0.25, 0.3) is 109 Å². The van der Waals surface area contributed by atoms with Crippen LogP contribution >= 0.6 is 11.3 Å². The van der Waals surface area contributed by atoms with Gasteiger partial charge in [0.2, 0.25) is 0 Å². The first kappa shape index (κ1) is 29.1. The second-order valence-electron chi connectivity index (χ2n) is 13.2. The average Bonchev–Trinajstić information content (AvgIpc) is 3.77. The molecule has 0 amide bonds. The number of hydrogen-bond donors (Lipinski definition) is 0. The van der Waals surface area contributed by atoms with Crippen LogP contribution in [0, 0.1) is 0 Å². The van der Waals surface area contributed by atoms with Gasteiger partial charge in [-0.15, -0.1) is 11.3 Å².